The van der Waals surface area contributed by atoms with Gasteiger partial charge in [-0.1, -0.05) is 26.1 Å². The number of thiocarbonyl (C=S) groups is 1. The molecule has 2 N–H and O–H groups in total. The van der Waals surface area contributed by atoms with Gasteiger partial charge >= 0.3 is 0 Å². The van der Waals surface area contributed by atoms with Crippen LogP contribution in [-0.4, -0.2) is 28.9 Å². The van der Waals surface area contributed by atoms with Crippen molar-refractivity contribution in [3.05, 3.63) is 0 Å². The highest BCUT2D eigenvalue weighted by molar-refractivity contribution is 7.80. The topological polar surface area (TPSA) is 46.3 Å². The van der Waals surface area contributed by atoms with Crippen molar-refractivity contribution in [3.63, 3.8) is 0 Å². The van der Waals surface area contributed by atoms with Crippen LogP contribution >= 0.6 is 12.2 Å². The summed E-state index contributed by atoms with van der Waals surface area (Å²) in [7, 11) is 0. The van der Waals surface area contributed by atoms with E-state index in [0.717, 1.165) is 6.54 Å². The average Bonchev–Trinajstić information content (AvgIpc) is 2.31. The first kappa shape index (κ1) is 10.4. The number of rotatable bonds is 3. The smallest absolute Gasteiger partial charge is 0.223 e. The summed E-state index contributed by atoms with van der Waals surface area (Å²) in [5, 5.41) is 0. The summed E-state index contributed by atoms with van der Waals surface area (Å²) in [6.45, 7) is 5.54. The molecular weight excluding hydrogens is 184 g/mol. The fraction of sp³-hybridized carbons (Fsp3) is 0.778. The number of carbonyl (C=O) groups is 1. The van der Waals surface area contributed by atoms with Crippen molar-refractivity contribution in [2.24, 2.45) is 17.6 Å². The Morgan fingerprint density at radius 2 is 2.38 bits per heavy atom. The van der Waals surface area contributed by atoms with E-state index in [1.165, 1.54) is 0 Å². The minimum absolute atomic E-state index is 0.187. The zero-order chi connectivity index (χ0) is 10.0. The minimum Gasteiger partial charge on any atom is -0.392 e. The highest BCUT2D eigenvalue weighted by Crippen LogP contribution is 2.24. The molecule has 1 fully saturated rings. The Kier molecular flexibility index (Phi) is 3.25. The highest BCUT2D eigenvalue weighted by atomic mass is 32.1. The van der Waals surface area contributed by atoms with Crippen LogP contribution in [0.25, 0.3) is 0 Å². The van der Waals surface area contributed by atoms with Gasteiger partial charge in [-0.15, -0.1) is 0 Å². The van der Waals surface area contributed by atoms with Gasteiger partial charge in [0, 0.05) is 13.0 Å². The number of likely N-dealkylation sites (tertiary alicyclic amines) is 1. The van der Waals surface area contributed by atoms with E-state index in [0.29, 0.717) is 29.8 Å². The van der Waals surface area contributed by atoms with Gasteiger partial charge in [0.1, 0.15) is 0 Å². The maximum atomic E-state index is 11.4. The Morgan fingerprint density at radius 1 is 1.77 bits per heavy atom. The van der Waals surface area contributed by atoms with Gasteiger partial charge in [0.15, 0.2) is 0 Å². The Labute approximate surface area is 84.3 Å². The van der Waals surface area contributed by atoms with Gasteiger partial charge in [0.25, 0.3) is 0 Å². The molecule has 0 aliphatic carbocycles. The van der Waals surface area contributed by atoms with Gasteiger partial charge in [0.2, 0.25) is 5.91 Å². The van der Waals surface area contributed by atoms with Gasteiger partial charge in [-0.2, -0.15) is 0 Å². The predicted octanol–water partition coefficient (Wildman–Crippen LogP) is 0.777. The molecule has 0 bridgehead atoms. The maximum Gasteiger partial charge on any atom is 0.223 e. The van der Waals surface area contributed by atoms with Gasteiger partial charge in [-0.3, -0.25) is 4.79 Å². The van der Waals surface area contributed by atoms with Gasteiger partial charge in [-0.05, 0) is 11.8 Å². The largest absolute Gasteiger partial charge is 0.392 e. The number of hydrogen-bond donors (Lipinski definition) is 1. The second-order valence-electron chi connectivity index (χ2n) is 3.95. The molecule has 0 saturated carbocycles. The van der Waals surface area contributed by atoms with E-state index in [1.54, 1.807) is 4.90 Å². The Balaban J connectivity index is 2.51. The van der Waals surface area contributed by atoms with E-state index in [9.17, 15) is 4.79 Å². The Bertz CT molecular complexity index is 228. The van der Waals surface area contributed by atoms with Crippen LogP contribution in [0.1, 0.15) is 20.3 Å². The summed E-state index contributed by atoms with van der Waals surface area (Å²) in [6, 6.07) is 0. The lowest BCUT2D eigenvalue weighted by Gasteiger charge is -2.16. The van der Waals surface area contributed by atoms with Gasteiger partial charge < -0.3 is 10.6 Å². The van der Waals surface area contributed by atoms with E-state index >= 15 is 0 Å². The zero-order valence-electron chi connectivity index (χ0n) is 8.12. The van der Waals surface area contributed by atoms with Crippen LogP contribution in [0, 0.1) is 11.8 Å². The van der Waals surface area contributed by atoms with E-state index in [4.69, 9.17) is 18.0 Å². The molecular formula is C9H16N2OS. The molecule has 3 nitrogen and oxygen atoms in total. The molecule has 0 spiro atoms. The van der Waals surface area contributed by atoms with E-state index in [1.807, 2.05) is 0 Å². The molecule has 1 heterocycles. The van der Waals surface area contributed by atoms with E-state index in [-0.39, 0.29) is 5.91 Å². The van der Waals surface area contributed by atoms with Crippen molar-refractivity contribution in [1.29, 1.82) is 0 Å². The number of carbonyl (C=O) groups excluding carboxylic acids is 1. The van der Waals surface area contributed by atoms with Crippen LogP contribution in [0.15, 0.2) is 0 Å². The van der Waals surface area contributed by atoms with Crippen molar-refractivity contribution in [2.45, 2.75) is 20.3 Å². The monoisotopic (exact) mass is 200 g/mol. The van der Waals surface area contributed by atoms with Gasteiger partial charge in [-0.25, -0.2) is 0 Å². The lowest BCUT2D eigenvalue weighted by molar-refractivity contribution is -0.127. The standard InChI is InChI=1S/C9H16N2OS/c1-6(2)7-3-9(12)11(4-7)5-8(10)13/h6-7H,3-5H2,1-2H3,(H2,10,13). The number of nitrogens with zero attached hydrogens (tertiary/aromatic N) is 1. The normalized spacial score (nSPS) is 22.8. The molecule has 13 heavy (non-hydrogen) atoms. The van der Waals surface area contributed by atoms with E-state index < -0.39 is 0 Å². The van der Waals surface area contributed by atoms with Gasteiger partial charge in [0.05, 0.1) is 11.5 Å². The van der Waals surface area contributed by atoms with Crippen molar-refractivity contribution in [2.75, 3.05) is 13.1 Å². The molecule has 1 amide bonds. The lowest BCUT2D eigenvalue weighted by Crippen LogP contribution is -2.34. The third kappa shape index (κ3) is 2.66. The molecule has 0 aromatic rings. The molecule has 1 unspecified atom stereocenters. The summed E-state index contributed by atoms with van der Waals surface area (Å²) in [6.07, 6.45) is 0.653. The van der Waals surface area contributed by atoms with E-state index in [2.05, 4.69) is 13.8 Å². The first-order chi connectivity index (χ1) is 6.00. The Hall–Kier alpha value is -0.640. The second kappa shape index (κ2) is 4.05. The molecule has 1 aliphatic heterocycles. The number of hydrogen-bond acceptors (Lipinski definition) is 2. The minimum atomic E-state index is 0.187. The molecule has 1 atom stereocenters. The van der Waals surface area contributed by atoms with Crippen molar-refractivity contribution in [3.8, 4) is 0 Å². The quantitative estimate of drug-likeness (QED) is 0.685. The molecule has 1 aliphatic rings. The van der Waals surface area contributed by atoms with Crippen LogP contribution in [-0.2, 0) is 4.79 Å². The molecule has 0 aromatic heterocycles. The summed E-state index contributed by atoms with van der Waals surface area (Å²) in [5.74, 6) is 1.22. The number of amides is 1. The molecule has 1 saturated heterocycles. The molecule has 4 heteroatoms. The third-order valence-corrected chi connectivity index (χ3v) is 2.66. The summed E-state index contributed by atoms with van der Waals surface area (Å²) in [4.78, 5) is 13.6. The second-order valence-corrected chi connectivity index (χ2v) is 4.47. The first-order valence-electron chi connectivity index (χ1n) is 4.56. The first-order valence-corrected chi connectivity index (χ1v) is 4.97. The number of nitrogens with two attached hydrogens (primary N) is 1. The van der Waals surface area contributed by atoms with Crippen LogP contribution in [0.4, 0.5) is 0 Å². The van der Waals surface area contributed by atoms with Crippen LogP contribution in [0.3, 0.4) is 0 Å². The van der Waals surface area contributed by atoms with Crippen molar-refractivity contribution >= 4 is 23.1 Å². The lowest BCUT2D eigenvalue weighted by atomic mass is 9.95. The fourth-order valence-electron chi connectivity index (χ4n) is 1.59. The average molecular weight is 200 g/mol. The summed E-state index contributed by atoms with van der Waals surface area (Å²) >= 11 is 4.77. The van der Waals surface area contributed by atoms with Crippen LogP contribution < -0.4 is 5.73 Å². The molecule has 0 radical (unpaired) electrons. The Morgan fingerprint density at radius 3 is 2.77 bits per heavy atom. The maximum absolute atomic E-state index is 11.4. The summed E-state index contributed by atoms with van der Waals surface area (Å²) < 4.78 is 0. The van der Waals surface area contributed by atoms with Crippen molar-refractivity contribution < 1.29 is 4.79 Å². The predicted molar refractivity (Wildman–Crippen MR) is 56.3 cm³/mol. The molecule has 74 valence electrons. The summed E-state index contributed by atoms with van der Waals surface area (Å²) in [5.41, 5.74) is 5.39. The van der Waals surface area contributed by atoms with Crippen molar-refractivity contribution in [1.82, 2.24) is 4.90 Å². The third-order valence-electron chi connectivity index (χ3n) is 2.53. The highest BCUT2D eigenvalue weighted by Gasteiger charge is 2.31. The van der Waals surface area contributed by atoms with Crippen LogP contribution in [0.2, 0.25) is 0 Å². The molecule has 1 rings (SSSR count). The van der Waals surface area contributed by atoms with Crippen LogP contribution in [0.5, 0.6) is 0 Å². The molecule has 0 aromatic carbocycles. The fourth-order valence-corrected chi connectivity index (χ4v) is 1.75. The SMILES string of the molecule is CC(C)C1CC(=O)N(CC(N)=S)C1. The zero-order valence-corrected chi connectivity index (χ0v) is 8.93.